The first-order valence-electron chi connectivity index (χ1n) is 6.60. The van der Waals surface area contributed by atoms with E-state index in [0.717, 1.165) is 0 Å². The number of rotatable bonds is 8. The number of hydrogen-bond donors (Lipinski definition) is 0. The van der Waals surface area contributed by atoms with E-state index in [9.17, 15) is 19.7 Å². The van der Waals surface area contributed by atoms with Gasteiger partial charge in [0.2, 0.25) is 0 Å². The topological polar surface area (TPSA) is 95.7 Å². The van der Waals surface area contributed by atoms with Crippen molar-refractivity contribution in [2.45, 2.75) is 32.8 Å². The highest BCUT2D eigenvalue weighted by Crippen LogP contribution is 2.29. The van der Waals surface area contributed by atoms with Crippen molar-refractivity contribution in [3.8, 4) is 5.75 Å². The van der Waals surface area contributed by atoms with E-state index in [1.807, 2.05) is 6.92 Å². The third-order valence-electron chi connectivity index (χ3n) is 2.69. The zero-order valence-electron chi connectivity index (χ0n) is 11.9. The Balaban J connectivity index is 3.08. The maximum absolute atomic E-state index is 11.8. The number of nitro benzene ring substituents is 1. The molecule has 0 radical (unpaired) electrons. The lowest BCUT2D eigenvalue weighted by Gasteiger charge is -2.17. The van der Waals surface area contributed by atoms with E-state index in [2.05, 4.69) is 0 Å². The molecule has 0 aromatic heterocycles. The summed E-state index contributed by atoms with van der Waals surface area (Å²) < 4.78 is 10.3. The van der Waals surface area contributed by atoms with Crippen LogP contribution in [-0.4, -0.2) is 29.9 Å². The second kappa shape index (κ2) is 7.98. The van der Waals surface area contributed by atoms with Crippen molar-refractivity contribution in [2.24, 2.45) is 0 Å². The highest BCUT2D eigenvalue weighted by molar-refractivity contribution is 5.78. The van der Waals surface area contributed by atoms with Crippen LogP contribution in [0.4, 0.5) is 5.69 Å². The van der Waals surface area contributed by atoms with Gasteiger partial charge in [0, 0.05) is 11.6 Å². The molecule has 0 spiro atoms. The van der Waals surface area contributed by atoms with Crippen LogP contribution in [0, 0.1) is 10.1 Å². The highest BCUT2D eigenvalue weighted by Gasteiger charge is 2.25. The van der Waals surface area contributed by atoms with Gasteiger partial charge >= 0.3 is 11.7 Å². The second-order valence-electron chi connectivity index (χ2n) is 4.25. The Hall–Kier alpha value is -2.44. The predicted octanol–water partition coefficient (Wildman–Crippen LogP) is 2.52. The number of aldehydes is 1. The fourth-order valence-corrected chi connectivity index (χ4v) is 1.72. The first kappa shape index (κ1) is 16.6. The van der Waals surface area contributed by atoms with Gasteiger partial charge in [-0.3, -0.25) is 14.9 Å². The van der Waals surface area contributed by atoms with Gasteiger partial charge in [0.1, 0.15) is 6.29 Å². The first-order chi connectivity index (χ1) is 10.0. The summed E-state index contributed by atoms with van der Waals surface area (Å²) in [6, 6.07) is 3.73. The number of hydrogen-bond acceptors (Lipinski definition) is 6. The minimum Gasteiger partial charge on any atom is -0.472 e. The Morgan fingerprint density at radius 2 is 2.14 bits per heavy atom. The molecule has 1 atom stereocenters. The van der Waals surface area contributed by atoms with Crippen LogP contribution < -0.4 is 4.74 Å². The molecule has 0 fully saturated rings. The molecule has 21 heavy (non-hydrogen) atoms. The molecule has 0 amide bonds. The maximum atomic E-state index is 11.8. The van der Waals surface area contributed by atoms with E-state index in [4.69, 9.17) is 9.47 Å². The summed E-state index contributed by atoms with van der Waals surface area (Å²) in [7, 11) is 0. The molecule has 1 unspecified atom stereocenters. The number of carbonyl (C=O) groups excluding carboxylic acids is 2. The highest BCUT2D eigenvalue weighted by atomic mass is 16.6. The van der Waals surface area contributed by atoms with Crippen molar-refractivity contribution in [3.63, 3.8) is 0 Å². The van der Waals surface area contributed by atoms with Crippen LogP contribution in [0.5, 0.6) is 5.75 Å². The average molecular weight is 295 g/mol. The van der Waals surface area contributed by atoms with Crippen molar-refractivity contribution in [1.29, 1.82) is 0 Å². The van der Waals surface area contributed by atoms with E-state index in [1.54, 1.807) is 6.92 Å². The van der Waals surface area contributed by atoms with E-state index in [0.29, 0.717) is 19.1 Å². The second-order valence-corrected chi connectivity index (χ2v) is 4.25. The summed E-state index contributed by atoms with van der Waals surface area (Å²) in [4.78, 5) is 32.9. The van der Waals surface area contributed by atoms with Crippen molar-refractivity contribution in [1.82, 2.24) is 0 Å². The Morgan fingerprint density at radius 1 is 1.43 bits per heavy atom. The van der Waals surface area contributed by atoms with Crippen LogP contribution in [0.25, 0.3) is 0 Å². The van der Waals surface area contributed by atoms with Gasteiger partial charge in [0.15, 0.2) is 11.9 Å². The van der Waals surface area contributed by atoms with Crippen molar-refractivity contribution in [2.75, 3.05) is 6.61 Å². The molecule has 0 aliphatic rings. The van der Waals surface area contributed by atoms with Gasteiger partial charge < -0.3 is 9.47 Å². The van der Waals surface area contributed by atoms with E-state index in [1.165, 1.54) is 18.2 Å². The SMILES string of the molecule is CCCC(Oc1cc(C=O)ccc1[N+](=O)[O-])C(=O)OCC. The molecule has 1 rings (SSSR count). The fourth-order valence-electron chi connectivity index (χ4n) is 1.72. The molecule has 1 aromatic rings. The van der Waals surface area contributed by atoms with Crippen LogP contribution in [0.3, 0.4) is 0 Å². The van der Waals surface area contributed by atoms with Gasteiger partial charge in [-0.15, -0.1) is 0 Å². The Morgan fingerprint density at radius 3 is 2.67 bits per heavy atom. The number of esters is 1. The number of nitro groups is 1. The van der Waals surface area contributed by atoms with Crippen LogP contribution in [-0.2, 0) is 9.53 Å². The molecule has 0 bridgehead atoms. The normalized spacial score (nSPS) is 11.5. The molecule has 0 N–H and O–H groups in total. The summed E-state index contributed by atoms with van der Waals surface area (Å²) in [5, 5.41) is 11.0. The summed E-state index contributed by atoms with van der Waals surface area (Å²) in [6.07, 6.45) is 0.623. The molecule has 0 saturated heterocycles. The molecular formula is C14H17NO6. The number of carbonyl (C=O) groups is 2. The van der Waals surface area contributed by atoms with Crippen LogP contribution in [0.2, 0.25) is 0 Å². The third kappa shape index (κ3) is 4.55. The van der Waals surface area contributed by atoms with Gasteiger partial charge in [-0.05, 0) is 25.5 Å². The van der Waals surface area contributed by atoms with E-state index >= 15 is 0 Å². The van der Waals surface area contributed by atoms with Crippen LogP contribution in [0.15, 0.2) is 18.2 Å². The minimum absolute atomic E-state index is 0.115. The quantitative estimate of drug-likeness (QED) is 0.316. The molecule has 7 nitrogen and oxygen atoms in total. The van der Waals surface area contributed by atoms with Crippen LogP contribution >= 0.6 is 0 Å². The largest absolute Gasteiger partial charge is 0.472 e. The number of ether oxygens (including phenoxy) is 2. The molecule has 7 heteroatoms. The van der Waals surface area contributed by atoms with Crippen molar-refractivity contribution in [3.05, 3.63) is 33.9 Å². The Bertz CT molecular complexity index is 528. The lowest BCUT2D eigenvalue weighted by molar-refractivity contribution is -0.386. The van der Waals surface area contributed by atoms with E-state index < -0.39 is 17.0 Å². The van der Waals surface area contributed by atoms with Gasteiger partial charge in [-0.2, -0.15) is 0 Å². The molecule has 1 aromatic carbocycles. The average Bonchev–Trinajstić information content (AvgIpc) is 2.46. The van der Waals surface area contributed by atoms with Gasteiger partial charge in [-0.1, -0.05) is 13.3 Å². The Kier molecular flexibility index (Phi) is 6.32. The van der Waals surface area contributed by atoms with Gasteiger partial charge in [-0.25, -0.2) is 4.79 Å². The monoisotopic (exact) mass is 295 g/mol. The molecule has 0 saturated carbocycles. The summed E-state index contributed by atoms with van der Waals surface area (Å²) in [5.74, 6) is -0.693. The number of benzene rings is 1. The molecule has 114 valence electrons. The Labute approximate surface area is 122 Å². The zero-order valence-corrected chi connectivity index (χ0v) is 11.9. The first-order valence-corrected chi connectivity index (χ1v) is 6.60. The summed E-state index contributed by atoms with van der Waals surface area (Å²) in [5.41, 5.74) is -0.0688. The summed E-state index contributed by atoms with van der Waals surface area (Å²) in [6.45, 7) is 3.71. The predicted molar refractivity (Wildman–Crippen MR) is 74.4 cm³/mol. The molecule has 0 heterocycles. The van der Waals surface area contributed by atoms with Gasteiger partial charge in [0.05, 0.1) is 11.5 Å². The molecule has 0 aliphatic carbocycles. The lowest BCUT2D eigenvalue weighted by atomic mass is 10.2. The maximum Gasteiger partial charge on any atom is 0.347 e. The molecular weight excluding hydrogens is 278 g/mol. The standard InChI is InChI=1S/C14H17NO6/c1-3-5-12(14(17)20-4-2)21-13-8-10(9-16)6-7-11(13)15(18)19/h6-9,12H,3-5H2,1-2H3. The van der Waals surface area contributed by atoms with Crippen LogP contribution in [0.1, 0.15) is 37.0 Å². The zero-order chi connectivity index (χ0) is 15.8. The summed E-state index contributed by atoms with van der Waals surface area (Å²) >= 11 is 0. The number of nitrogens with zero attached hydrogens (tertiary/aromatic N) is 1. The molecule has 0 aliphatic heterocycles. The minimum atomic E-state index is -0.935. The smallest absolute Gasteiger partial charge is 0.347 e. The van der Waals surface area contributed by atoms with Crippen molar-refractivity contribution < 1.29 is 24.0 Å². The lowest BCUT2D eigenvalue weighted by Crippen LogP contribution is -2.29. The van der Waals surface area contributed by atoms with E-state index in [-0.39, 0.29) is 23.6 Å². The third-order valence-corrected chi connectivity index (χ3v) is 2.69. The fraction of sp³-hybridized carbons (Fsp3) is 0.429. The van der Waals surface area contributed by atoms with Gasteiger partial charge in [0.25, 0.3) is 0 Å². The van der Waals surface area contributed by atoms with Crippen molar-refractivity contribution >= 4 is 17.9 Å².